The fourth-order valence-electron chi connectivity index (χ4n) is 5.21. The molecule has 0 bridgehead atoms. The SMILES string of the molecule is C[C@@H](c1ccc(-c2ccc(=O)n(C)c2)cc1)N1CCCC(CC(C)(C)O)(c2ccccc2)NC1=O. The second kappa shape index (κ2) is 9.70. The van der Waals surface area contributed by atoms with Gasteiger partial charge in [-0.2, -0.15) is 0 Å². The number of urea groups is 1. The van der Waals surface area contributed by atoms with Crippen molar-refractivity contribution in [2.24, 2.45) is 7.05 Å². The van der Waals surface area contributed by atoms with Gasteiger partial charge in [-0.15, -0.1) is 0 Å². The molecule has 0 radical (unpaired) electrons. The van der Waals surface area contributed by atoms with Crippen molar-refractivity contribution >= 4 is 6.03 Å². The first-order chi connectivity index (χ1) is 16.6. The quantitative estimate of drug-likeness (QED) is 0.531. The van der Waals surface area contributed by atoms with Crippen LogP contribution in [0.3, 0.4) is 0 Å². The first kappa shape index (κ1) is 24.7. The minimum Gasteiger partial charge on any atom is -0.390 e. The molecule has 4 rings (SSSR count). The number of nitrogens with one attached hydrogen (secondary N) is 1. The molecule has 1 aliphatic rings. The Labute approximate surface area is 207 Å². The third-order valence-electron chi connectivity index (χ3n) is 6.95. The Hall–Kier alpha value is -3.38. The maximum atomic E-state index is 13.6. The lowest BCUT2D eigenvalue weighted by molar-refractivity contribution is 0.0357. The number of aromatic nitrogens is 1. The number of aliphatic hydroxyl groups is 1. The molecular formula is C29H35N3O3. The largest absolute Gasteiger partial charge is 0.390 e. The maximum absolute atomic E-state index is 13.6. The van der Waals surface area contributed by atoms with Crippen LogP contribution in [0.1, 0.15) is 57.2 Å². The Bertz CT molecular complexity index is 1230. The number of rotatable bonds is 6. The van der Waals surface area contributed by atoms with Gasteiger partial charge >= 0.3 is 6.03 Å². The summed E-state index contributed by atoms with van der Waals surface area (Å²) in [6.45, 7) is 6.27. The highest BCUT2D eigenvalue weighted by Crippen LogP contribution is 2.38. The van der Waals surface area contributed by atoms with Crippen molar-refractivity contribution in [1.29, 1.82) is 0 Å². The summed E-state index contributed by atoms with van der Waals surface area (Å²) in [7, 11) is 1.74. The first-order valence-electron chi connectivity index (χ1n) is 12.2. The van der Waals surface area contributed by atoms with Crippen LogP contribution in [0.25, 0.3) is 11.1 Å². The van der Waals surface area contributed by atoms with Crippen molar-refractivity contribution in [2.75, 3.05) is 6.54 Å². The second-order valence-corrected chi connectivity index (χ2v) is 10.3. The van der Waals surface area contributed by atoms with Gasteiger partial charge in [0.1, 0.15) is 0 Å². The van der Waals surface area contributed by atoms with E-state index in [1.165, 1.54) is 0 Å². The van der Waals surface area contributed by atoms with E-state index in [-0.39, 0.29) is 17.6 Å². The molecule has 35 heavy (non-hydrogen) atoms. The molecule has 2 heterocycles. The predicted molar refractivity (Wildman–Crippen MR) is 139 cm³/mol. The Morgan fingerprint density at radius 2 is 1.66 bits per heavy atom. The van der Waals surface area contributed by atoms with Gasteiger partial charge in [-0.3, -0.25) is 4.79 Å². The molecule has 1 saturated heterocycles. The van der Waals surface area contributed by atoms with Crippen molar-refractivity contribution in [3.8, 4) is 11.1 Å². The molecule has 1 aliphatic heterocycles. The number of hydrogen-bond donors (Lipinski definition) is 2. The summed E-state index contributed by atoms with van der Waals surface area (Å²) < 4.78 is 1.57. The van der Waals surface area contributed by atoms with Gasteiger partial charge < -0.3 is 19.9 Å². The molecular weight excluding hydrogens is 438 g/mol. The lowest BCUT2D eigenvalue weighted by Gasteiger charge is -2.39. The van der Waals surface area contributed by atoms with E-state index < -0.39 is 11.1 Å². The van der Waals surface area contributed by atoms with Gasteiger partial charge in [-0.25, -0.2) is 4.79 Å². The molecule has 6 heteroatoms. The zero-order valence-corrected chi connectivity index (χ0v) is 21.0. The number of benzene rings is 2. The zero-order valence-electron chi connectivity index (χ0n) is 21.0. The highest BCUT2D eigenvalue weighted by atomic mass is 16.3. The van der Waals surface area contributed by atoms with Crippen LogP contribution in [0, 0.1) is 0 Å². The summed E-state index contributed by atoms with van der Waals surface area (Å²) in [6.07, 6.45) is 3.84. The van der Waals surface area contributed by atoms with E-state index >= 15 is 0 Å². The van der Waals surface area contributed by atoms with Crippen molar-refractivity contribution in [3.05, 3.63) is 94.4 Å². The van der Waals surface area contributed by atoms with Gasteiger partial charge in [0.05, 0.1) is 17.2 Å². The molecule has 2 atom stereocenters. The standard InChI is InChI=1S/C29H35N3O3/c1-21(22-11-13-23(14-12-22)24-15-16-26(33)31(4)19-24)32-18-8-17-29(30-27(32)34,20-28(2,3)35)25-9-6-5-7-10-25/h5-7,9-16,19,21,35H,8,17-18,20H2,1-4H3,(H,30,34)/t21-,29?/m0/s1. The van der Waals surface area contributed by atoms with Crippen LogP contribution in [0.2, 0.25) is 0 Å². The van der Waals surface area contributed by atoms with Gasteiger partial charge in [-0.05, 0) is 61.9 Å². The van der Waals surface area contributed by atoms with Crippen molar-refractivity contribution in [3.63, 3.8) is 0 Å². The first-order valence-corrected chi connectivity index (χ1v) is 12.2. The average Bonchev–Trinajstić information content (AvgIpc) is 2.99. The highest BCUT2D eigenvalue weighted by molar-refractivity contribution is 5.76. The molecule has 184 valence electrons. The van der Waals surface area contributed by atoms with Crippen LogP contribution in [0.5, 0.6) is 0 Å². The van der Waals surface area contributed by atoms with Gasteiger partial charge in [-0.1, -0.05) is 54.6 Å². The summed E-state index contributed by atoms with van der Waals surface area (Å²) in [5, 5.41) is 14.0. The van der Waals surface area contributed by atoms with Crippen LogP contribution in [0.15, 0.2) is 77.7 Å². The van der Waals surface area contributed by atoms with Gasteiger partial charge in [0.15, 0.2) is 0 Å². The number of carbonyl (C=O) groups excluding carboxylic acids is 1. The Morgan fingerprint density at radius 3 is 2.29 bits per heavy atom. The van der Waals surface area contributed by atoms with Crippen LogP contribution in [-0.4, -0.2) is 32.8 Å². The van der Waals surface area contributed by atoms with E-state index in [9.17, 15) is 14.7 Å². The lowest BCUT2D eigenvalue weighted by atomic mass is 9.77. The third kappa shape index (κ3) is 5.49. The van der Waals surface area contributed by atoms with Gasteiger partial charge in [0.25, 0.3) is 0 Å². The van der Waals surface area contributed by atoms with Crippen molar-refractivity contribution in [2.45, 2.75) is 57.2 Å². The second-order valence-electron chi connectivity index (χ2n) is 10.3. The fourth-order valence-corrected chi connectivity index (χ4v) is 5.21. The molecule has 1 fully saturated rings. The van der Waals surface area contributed by atoms with Crippen LogP contribution < -0.4 is 10.9 Å². The smallest absolute Gasteiger partial charge is 0.318 e. The van der Waals surface area contributed by atoms with E-state index in [0.29, 0.717) is 13.0 Å². The summed E-state index contributed by atoms with van der Waals surface area (Å²) in [6, 6.07) is 21.3. The summed E-state index contributed by atoms with van der Waals surface area (Å²) in [5.74, 6) is 0. The van der Waals surface area contributed by atoms with Crippen molar-refractivity contribution in [1.82, 2.24) is 14.8 Å². The molecule has 3 aromatic rings. The lowest BCUT2D eigenvalue weighted by Crippen LogP contribution is -2.52. The Balaban J connectivity index is 1.57. The molecule has 1 unspecified atom stereocenters. The molecule has 2 N–H and O–H groups in total. The maximum Gasteiger partial charge on any atom is 0.318 e. The molecule has 2 aromatic carbocycles. The van der Waals surface area contributed by atoms with Crippen LogP contribution in [0.4, 0.5) is 4.79 Å². The number of carbonyl (C=O) groups is 1. The van der Waals surface area contributed by atoms with Gasteiger partial charge in [0, 0.05) is 32.3 Å². The third-order valence-corrected chi connectivity index (χ3v) is 6.95. The summed E-state index contributed by atoms with van der Waals surface area (Å²) in [5.41, 5.74) is 2.46. The summed E-state index contributed by atoms with van der Waals surface area (Å²) in [4.78, 5) is 27.1. The Kier molecular flexibility index (Phi) is 6.86. The van der Waals surface area contributed by atoms with Gasteiger partial charge in [0.2, 0.25) is 5.56 Å². The van der Waals surface area contributed by atoms with E-state index in [4.69, 9.17) is 0 Å². The predicted octanol–water partition coefficient (Wildman–Crippen LogP) is 4.98. The zero-order chi connectivity index (χ0) is 25.2. The minimum absolute atomic E-state index is 0.0395. The number of amides is 2. The number of hydrogen-bond acceptors (Lipinski definition) is 3. The van der Waals surface area contributed by atoms with E-state index in [0.717, 1.165) is 35.1 Å². The minimum atomic E-state index is -0.930. The topological polar surface area (TPSA) is 74.6 Å². The van der Waals surface area contributed by atoms with Crippen LogP contribution >= 0.6 is 0 Å². The molecule has 0 spiro atoms. The van der Waals surface area contributed by atoms with Crippen LogP contribution in [-0.2, 0) is 12.6 Å². The highest BCUT2D eigenvalue weighted by Gasteiger charge is 2.41. The summed E-state index contributed by atoms with van der Waals surface area (Å²) >= 11 is 0. The molecule has 0 aliphatic carbocycles. The fraction of sp³-hybridized carbons (Fsp3) is 0.379. The van der Waals surface area contributed by atoms with Crippen molar-refractivity contribution < 1.29 is 9.90 Å². The number of nitrogens with zero attached hydrogens (tertiary/aromatic N) is 2. The van der Waals surface area contributed by atoms with E-state index in [1.54, 1.807) is 31.5 Å². The molecule has 2 amide bonds. The number of pyridine rings is 1. The number of aryl methyl sites for hydroxylation is 1. The molecule has 6 nitrogen and oxygen atoms in total. The monoisotopic (exact) mass is 473 g/mol. The average molecular weight is 474 g/mol. The van der Waals surface area contributed by atoms with E-state index in [1.807, 2.05) is 78.7 Å². The molecule has 1 aromatic heterocycles. The Morgan fingerprint density at radius 1 is 1.00 bits per heavy atom. The molecule has 0 saturated carbocycles. The van der Waals surface area contributed by atoms with E-state index in [2.05, 4.69) is 5.32 Å². The normalized spacial score (nSPS) is 19.7.